The number of benzene rings is 13. The Hall–Kier alpha value is -9.85. The molecule has 0 aliphatic heterocycles. The fourth-order valence-corrected chi connectivity index (χ4v) is 13.5. The van der Waals surface area contributed by atoms with Gasteiger partial charge in [-0.3, -0.25) is 0 Å². The van der Waals surface area contributed by atoms with Crippen molar-refractivity contribution >= 4 is 11.6 Å². The van der Waals surface area contributed by atoms with Crippen LogP contribution < -0.4 is 0 Å². The SMILES string of the molecule is Cc1ccc(-c2c(-c3ccccc3)cc(-c3ccc(Cl)cc3-c3ccc(-c4ccccc4-c4cc(-c5ccccc5)c(-c5ccc6c(c5)CC6)c(-c5ccc(C)c(C)c5)c4-c4ccccc4)cc3)c(-c3ccccc3)c2-c2ccc(C)c(C)c2)cc1C. The Labute approximate surface area is 518 Å². The topological polar surface area (TPSA) is 0 Å². The molecule has 14 rings (SSSR count). The van der Waals surface area contributed by atoms with E-state index in [9.17, 15) is 0 Å². The molecule has 1 aliphatic rings. The van der Waals surface area contributed by atoms with E-state index in [4.69, 9.17) is 11.6 Å². The third-order valence-corrected chi connectivity index (χ3v) is 18.7. The maximum Gasteiger partial charge on any atom is 0.0412 e. The molecule has 0 fully saturated rings. The smallest absolute Gasteiger partial charge is 0.0412 e. The number of rotatable bonds is 12. The van der Waals surface area contributed by atoms with Gasteiger partial charge in [-0.05, 0) is 257 Å². The van der Waals surface area contributed by atoms with Gasteiger partial charge in [-0.25, -0.2) is 0 Å². The van der Waals surface area contributed by atoms with Crippen molar-refractivity contribution in [2.45, 2.75) is 54.4 Å². The van der Waals surface area contributed by atoms with Crippen LogP contribution in [0.1, 0.15) is 44.5 Å². The van der Waals surface area contributed by atoms with Crippen molar-refractivity contribution < 1.29 is 0 Å². The lowest BCUT2D eigenvalue weighted by atomic mass is 9.76. The Morgan fingerprint density at radius 3 is 0.954 bits per heavy atom. The van der Waals surface area contributed by atoms with Crippen molar-refractivity contribution in [1.29, 1.82) is 0 Å². The highest BCUT2D eigenvalue weighted by molar-refractivity contribution is 6.31. The summed E-state index contributed by atoms with van der Waals surface area (Å²) in [7, 11) is 0. The first-order chi connectivity index (χ1) is 42.5. The molecule has 418 valence electrons. The van der Waals surface area contributed by atoms with Crippen LogP contribution in [0.4, 0.5) is 0 Å². The van der Waals surface area contributed by atoms with Gasteiger partial charge in [-0.2, -0.15) is 0 Å². The fourth-order valence-electron chi connectivity index (χ4n) is 13.3. The monoisotopic (exact) mass is 1130 g/mol. The lowest BCUT2D eigenvalue weighted by molar-refractivity contribution is 0.840. The Morgan fingerprint density at radius 1 is 0.195 bits per heavy atom. The number of hydrogen-bond donors (Lipinski definition) is 0. The van der Waals surface area contributed by atoms with Crippen LogP contribution in [-0.4, -0.2) is 0 Å². The molecule has 0 radical (unpaired) electrons. The lowest BCUT2D eigenvalue weighted by Gasteiger charge is -2.27. The zero-order chi connectivity index (χ0) is 59.3. The summed E-state index contributed by atoms with van der Waals surface area (Å²) in [6, 6.07) is 102. The number of halogens is 1. The zero-order valence-electron chi connectivity index (χ0n) is 50.3. The van der Waals surface area contributed by atoms with Gasteiger partial charge < -0.3 is 0 Å². The highest BCUT2D eigenvalue weighted by atomic mass is 35.5. The first kappa shape index (κ1) is 55.0. The molecule has 0 heterocycles. The fraction of sp³-hybridized carbons (Fsp3) is 0.0930. The van der Waals surface area contributed by atoms with Crippen LogP contribution in [0.2, 0.25) is 5.02 Å². The summed E-state index contributed by atoms with van der Waals surface area (Å²) in [4.78, 5) is 0. The summed E-state index contributed by atoms with van der Waals surface area (Å²) in [5.74, 6) is 0. The van der Waals surface area contributed by atoms with Crippen LogP contribution in [0.15, 0.2) is 273 Å². The van der Waals surface area contributed by atoms with Gasteiger partial charge in [0.1, 0.15) is 0 Å². The van der Waals surface area contributed by atoms with E-state index in [-0.39, 0.29) is 0 Å². The molecule has 1 heteroatoms. The highest BCUT2D eigenvalue weighted by Gasteiger charge is 2.29. The van der Waals surface area contributed by atoms with E-state index in [1.807, 2.05) is 0 Å². The van der Waals surface area contributed by atoms with Crippen molar-refractivity contribution in [3.8, 4) is 134 Å². The average Bonchev–Trinajstić information content (AvgIpc) is 0.929. The van der Waals surface area contributed by atoms with Crippen molar-refractivity contribution in [2.75, 3.05) is 0 Å². The molecular formula is C86H67Cl. The summed E-state index contributed by atoms with van der Waals surface area (Å²) in [6.45, 7) is 13.3. The largest absolute Gasteiger partial charge is 0.0843 e. The summed E-state index contributed by atoms with van der Waals surface area (Å²) in [5, 5.41) is 0.684. The quantitative estimate of drug-likeness (QED) is 0.114. The van der Waals surface area contributed by atoms with Crippen molar-refractivity contribution in [3.63, 3.8) is 0 Å². The van der Waals surface area contributed by atoms with Crippen LogP contribution >= 0.6 is 11.6 Å². The minimum atomic E-state index is 0.684. The molecule has 0 amide bonds. The Morgan fingerprint density at radius 2 is 0.529 bits per heavy atom. The minimum absolute atomic E-state index is 0.684. The standard InChI is InChI=1S/C86H67Cl/c1-54-31-34-68(47-57(54)4)83-77(61-21-11-7-12-22-61)53-80(82(66-27-17-10-18-28-66)85(83)69-35-32-55(2)58(5)48-69)75-46-45-72(87)51-76(75)64-41-39-63(40-42-64)73-29-19-20-30-74(73)79-52-78(62-23-13-8-14-24-62)84(71-44-38-60-37-43-67(60)50-71)86(70-36-33-56(3)59(6)49-70)81(79)65-25-15-9-16-26-65/h7-36,38-42,44-53H,37,43H2,1-6H3. The van der Waals surface area contributed by atoms with Crippen molar-refractivity contribution in [3.05, 3.63) is 323 Å². The lowest BCUT2D eigenvalue weighted by Crippen LogP contribution is -2.08. The van der Waals surface area contributed by atoms with E-state index in [2.05, 4.69) is 315 Å². The normalized spacial score (nSPS) is 11.8. The van der Waals surface area contributed by atoms with E-state index in [1.54, 1.807) is 0 Å². The maximum absolute atomic E-state index is 7.21. The summed E-state index contributed by atoms with van der Waals surface area (Å²) < 4.78 is 0. The van der Waals surface area contributed by atoms with Crippen LogP contribution in [0.25, 0.3) is 134 Å². The second-order valence-corrected chi connectivity index (χ2v) is 24.3. The first-order valence-electron chi connectivity index (χ1n) is 30.5. The molecule has 0 saturated heterocycles. The minimum Gasteiger partial charge on any atom is -0.0843 e. The van der Waals surface area contributed by atoms with Gasteiger partial charge in [-0.15, -0.1) is 0 Å². The van der Waals surface area contributed by atoms with E-state index in [0.717, 1.165) is 57.3 Å². The van der Waals surface area contributed by atoms with Gasteiger partial charge >= 0.3 is 0 Å². The molecule has 0 unspecified atom stereocenters. The second-order valence-electron chi connectivity index (χ2n) is 23.9. The van der Waals surface area contributed by atoms with E-state index in [0.29, 0.717) is 5.02 Å². The number of aryl methyl sites for hydroxylation is 8. The number of hydrogen-bond acceptors (Lipinski definition) is 0. The number of fused-ring (bicyclic) bond motifs is 1. The molecule has 13 aromatic rings. The summed E-state index contributed by atoms with van der Waals surface area (Å²) in [5.41, 5.74) is 38.7. The van der Waals surface area contributed by atoms with Gasteiger partial charge in [0.15, 0.2) is 0 Å². The van der Waals surface area contributed by atoms with Crippen molar-refractivity contribution in [1.82, 2.24) is 0 Å². The van der Waals surface area contributed by atoms with Gasteiger partial charge in [0.05, 0.1) is 0 Å². The van der Waals surface area contributed by atoms with Crippen molar-refractivity contribution in [2.24, 2.45) is 0 Å². The Bertz CT molecular complexity index is 4760. The van der Waals surface area contributed by atoms with Crippen LogP contribution in [0.3, 0.4) is 0 Å². The van der Waals surface area contributed by atoms with Gasteiger partial charge in [-0.1, -0.05) is 260 Å². The summed E-state index contributed by atoms with van der Waals surface area (Å²) in [6.07, 6.45) is 2.25. The molecule has 0 N–H and O–H groups in total. The molecule has 1 aliphatic carbocycles. The first-order valence-corrected chi connectivity index (χ1v) is 30.9. The molecule has 0 saturated carbocycles. The van der Waals surface area contributed by atoms with Crippen LogP contribution in [0, 0.1) is 41.5 Å². The zero-order valence-corrected chi connectivity index (χ0v) is 51.0. The molecular weight excluding hydrogens is 1070 g/mol. The van der Waals surface area contributed by atoms with Gasteiger partial charge in [0.25, 0.3) is 0 Å². The third-order valence-electron chi connectivity index (χ3n) is 18.5. The molecule has 0 atom stereocenters. The predicted octanol–water partition coefficient (Wildman–Crippen LogP) is 24.3. The Balaban J connectivity index is 0.998. The van der Waals surface area contributed by atoms with Crippen LogP contribution in [0.5, 0.6) is 0 Å². The van der Waals surface area contributed by atoms with Crippen LogP contribution in [-0.2, 0) is 12.8 Å². The molecule has 0 bridgehead atoms. The molecule has 0 spiro atoms. The molecule has 0 nitrogen and oxygen atoms in total. The van der Waals surface area contributed by atoms with Gasteiger partial charge in [0.2, 0.25) is 0 Å². The molecule has 87 heavy (non-hydrogen) atoms. The van der Waals surface area contributed by atoms with Gasteiger partial charge in [0, 0.05) is 5.02 Å². The Kier molecular flexibility index (Phi) is 14.7. The van der Waals surface area contributed by atoms with E-state index >= 15 is 0 Å². The maximum atomic E-state index is 7.21. The second kappa shape index (κ2) is 23.2. The third kappa shape index (κ3) is 10.3. The highest BCUT2D eigenvalue weighted by Crippen LogP contribution is 2.55. The average molecular weight is 1140 g/mol. The predicted molar refractivity (Wildman–Crippen MR) is 373 cm³/mol. The van der Waals surface area contributed by atoms with E-state index in [1.165, 1.54) is 134 Å². The van der Waals surface area contributed by atoms with E-state index < -0.39 is 0 Å². The molecule has 13 aromatic carbocycles. The summed E-state index contributed by atoms with van der Waals surface area (Å²) >= 11 is 7.21. The molecule has 0 aromatic heterocycles.